The van der Waals surface area contributed by atoms with Gasteiger partial charge in [-0.25, -0.2) is 0 Å². The molecule has 2 nitrogen and oxygen atoms in total. The third kappa shape index (κ3) is 7.22. The Bertz CT molecular complexity index is 397. The first-order valence-corrected chi connectivity index (χ1v) is 11.7. The summed E-state index contributed by atoms with van der Waals surface area (Å²) in [5.74, 6) is 1.79. The van der Waals surface area contributed by atoms with Gasteiger partial charge in [0.25, 0.3) is 0 Å². The maximum Gasteiger partial charge on any atom is 0.0689 e. The highest BCUT2D eigenvalue weighted by Crippen LogP contribution is 2.41. The van der Waals surface area contributed by atoms with E-state index >= 15 is 0 Å². The number of nitrogens with zero attached hydrogens (tertiary/aromatic N) is 1. The van der Waals surface area contributed by atoms with Gasteiger partial charge in [-0.05, 0) is 56.8 Å². The van der Waals surface area contributed by atoms with E-state index in [2.05, 4.69) is 19.9 Å². The van der Waals surface area contributed by atoms with Gasteiger partial charge in [0.2, 0.25) is 0 Å². The topological polar surface area (TPSA) is 33.0 Å². The van der Waals surface area contributed by atoms with Crippen LogP contribution in [0.4, 0.5) is 0 Å². The second-order valence-electron chi connectivity index (χ2n) is 9.26. The summed E-state index contributed by atoms with van der Waals surface area (Å²) in [4.78, 5) is 0. The van der Waals surface area contributed by atoms with Gasteiger partial charge in [0.15, 0.2) is 0 Å². The molecule has 2 rings (SSSR count). The van der Waals surface area contributed by atoms with Crippen LogP contribution in [0, 0.1) is 28.6 Å². The lowest BCUT2D eigenvalue weighted by Crippen LogP contribution is -2.31. The van der Waals surface area contributed by atoms with Gasteiger partial charge >= 0.3 is 0 Å². The van der Waals surface area contributed by atoms with Crippen LogP contribution in [0.5, 0.6) is 0 Å². The minimum Gasteiger partial charge on any atom is -0.378 e. The molecule has 0 heterocycles. The van der Waals surface area contributed by atoms with Crippen molar-refractivity contribution in [1.29, 1.82) is 5.26 Å². The standard InChI is InChI=1S/C24H43NO/c1-3-5-7-8-16-24(20-25)17-14-23(15-18-24)26-19-22-12-10-21(11-13-22)9-6-4-2/h21-23H,3-19H2,1-2H3/t21-,22-,23-,24-. The summed E-state index contributed by atoms with van der Waals surface area (Å²) in [6.07, 6.45) is 20.8. The van der Waals surface area contributed by atoms with Crippen LogP contribution in [0.1, 0.15) is 117 Å². The molecule has 0 aliphatic heterocycles. The minimum atomic E-state index is -0.0368. The first-order chi connectivity index (χ1) is 12.7. The molecular formula is C24H43NO. The van der Waals surface area contributed by atoms with E-state index in [1.54, 1.807) is 0 Å². The van der Waals surface area contributed by atoms with Crippen LogP contribution in [-0.2, 0) is 4.74 Å². The van der Waals surface area contributed by atoms with Crippen molar-refractivity contribution in [2.45, 2.75) is 123 Å². The zero-order valence-corrected chi connectivity index (χ0v) is 17.6. The van der Waals surface area contributed by atoms with Gasteiger partial charge in [-0.2, -0.15) is 5.26 Å². The molecule has 0 aromatic rings. The van der Waals surface area contributed by atoms with Crippen molar-refractivity contribution in [3.63, 3.8) is 0 Å². The Morgan fingerprint density at radius 2 is 1.50 bits per heavy atom. The van der Waals surface area contributed by atoms with E-state index in [-0.39, 0.29) is 5.41 Å². The average molecular weight is 362 g/mol. The maximum absolute atomic E-state index is 9.71. The van der Waals surface area contributed by atoms with Gasteiger partial charge in [-0.3, -0.25) is 0 Å². The molecule has 0 aromatic heterocycles. The molecule has 2 aliphatic carbocycles. The van der Waals surface area contributed by atoms with Gasteiger partial charge in [0.1, 0.15) is 0 Å². The van der Waals surface area contributed by atoms with Crippen molar-refractivity contribution in [3.05, 3.63) is 0 Å². The molecule has 0 bridgehead atoms. The number of ether oxygens (including phenoxy) is 1. The fourth-order valence-corrected chi connectivity index (χ4v) is 5.07. The van der Waals surface area contributed by atoms with E-state index in [0.717, 1.165) is 50.5 Å². The number of hydrogen-bond acceptors (Lipinski definition) is 2. The van der Waals surface area contributed by atoms with E-state index in [9.17, 15) is 5.26 Å². The van der Waals surface area contributed by atoms with Crippen LogP contribution in [0.2, 0.25) is 0 Å². The Kier molecular flexibility index (Phi) is 10.1. The molecule has 0 N–H and O–H groups in total. The molecule has 150 valence electrons. The van der Waals surface area contributed by atoms with Crippen LogP contribution >= 0.6 is 0 Å². The number of unbranched alkanes of at least 4 members (excludes halogenated alkanes) is 4. The molecule has 2 heteroatoms. The lowest BCUT2D eigenvalue weighted by atomic mass is 9.71. The highest BCUT2D eigenvalue weighted by atomic mass is 16.5. The molecule has 0 atom stereocenters. The second kappa shape index (κ2) is 12.0. The maximum atomic E-state index is 9.71. The van der Waals surface area contributed by atoms with Crippen LogP contribution in [0.15, 0.2) is 0 Å². The zero-order valence-electron chi connectivity index (χ0n) is 17.6. The highest BCUT2D eigenvalue weighted by Gasteiger charge is 2.35. The van der Waals surface area contributed by atoms with Gasteiger partial charge in [0, 0.05) is 6.61 Å². The van der Waals surface area contributed by atoms with Crippen LogP contribution < -0.4 is 0 Å². The fraction of sp³-hybridized carbons (Fsp3) is 0.958. The summed E-state index contributed by atoms with van der Waals surface area (Å²) in [5.41, 5.74) is -0.0368. The minimum absolute atomic E-state index is 0.0368. The first-order valence-electron chi connectivity index (χ1n) is 11.7. The lowest BCUT2D eigenvalue weighted by molar-refractivity contribution is -0.0185. The summed E-state index contributed by atoms with van der Waals surface area (Å²) in [5, 5.41) is 9.71. The Hall–Kier alpha value is -0.550. The van der Waals surface area contributed by atoms with E-state index in [0.29, 0.717) is 6.10 Å². The van der Waals surface area contributed by atoms with E-state index in [4.69, 9.17) is 4.74 Å². The number of hydrogen-bond donors (Lipinski definition) is 0. The fourth-order valence-electron chi connectivity index (χ4n) is 5.07. The normalized spacial score (nSPS) is 32.3. The molecular weight excluding hydrogens is 318 g/mol. The molecule has 0 radical (unpaired) electrons. The van der Waals surface area contributed by atoms with E-state index < -0.39 is 0 Å². The predicted molar refractivity (Wildman–Crippen MR) is 110 cm³/mol. The molecule has 0 spiro atoms. The van der Waals surface area contributed by atoms with E-state index in [1.165, 1.54) is 70.6 Å². The number of nitriles is 1. The third-order valence-electron chi connectivity index (χ3n) is 7.14. The van der Waals surface area contributed by atoms with Crippen LogP contribution in [0.25, 0.3) is 0 Å². The molecule has 0 aromatic carbocycles. The molecule has 26 heavy (non-hydrogen) atoms. The lowest BCUT2D eigenvalue weighted by Gasteiger charge is -2.36. The first kappa shape index (κ1) is 21.7. The molecule has 2 fully saturated rings. The van der Waals surface area contributed by atoms with Crippen molar-refractivity contribution in [2.24, 2.45) is 17.3 Å². The summed E-state index contributed by atoms with van der Waals surface area (Å²) >= 11 is 0. The third-order valence-corrected chi connectivity index (χ3v) is 7.14. The Morgan fingerprint density at radius 1 is 0.846 bits per heavy atom. The Labute approximate surface area is 163 Å². The Balaban J connectivity index is 1.60. The summed E-state index contributed by atoms with van der Waals surface area (Å²) in [6.45, 7) is 5.53. The molecule has 2 saturated carbocycles. The van der Waals surface area contributed by atoms with Crippen LogP contribution in [0.3, 0.4) is 0 Å². The molecule has 0 saturated heterocycles. The monoisotopic (exact) mass is 361 g/mol. The van der Waals surface area contributed by atoms with Gasteiger partial charge < -0.3 is 4.74 Å². The highest BCUT2D eigenvalue weighted by molar-refractivity contribution is 5.01. The van der Waals surface area contributed by atoms with Crippen molar-refractivity contribution < 1.29 is 4.74 Å². The molecule has 0 unspecified atom stereocenters. The smallest absolute Gasteiger partial charge is 0.0689 e. The molecule has 0 amide bonds. The summed E-state index contributed by atoms with van der Waals surface area (Å²) in [7, 11) is 0. The van der Waals surface area contributed by atoms with Crippen LogP contribution in [-0.4, -0.2) is 12.7 Å². The van der Waals surface area contributed by atoms with Crippen molar-refractivity contribution in [2.75, 3.05) is 6.61 Å². The summed E-state index contributed by atoms with van der Waals surface area (Å²) < 4.78 is 6.31. The predicted octanol–water partition coefficient (Wildman–Crippen LogP) is 7.42. The van der Waals surface area contributed by atoms with Gasteiger partial charge in [-0.15, -0.1) is 0 Å². The molecule has 2 aliphatic rings. The second-order valence-corrected chi connectivity index (χ2v) is 9.26. The van der Waals surface area contributed by atoms with Crippen molar-refractivity contribution in [1.82, 2.24) is 0 Å². The Morgan fingerprint density at radius 3 is 2.12 bits per heavy atom. The van der Waals surface area contributed by atoms with E-state index in [1.807, 2.05) is 0 Å². The summed E-state index contributed by atoms with van der Waals surface area (Å²) in [6, 6.07) is 2.69. The average Bonchev–Trinajstić information content (AvgIpc) is 2.70. The SMILES string of the molecule is CCCCCC[C@]1(C#N)CC[C@H](OC[C@H]2CC[C@H](CCCC)CC2)CC1. The van der Waals surface area contributed by atoms with Gasteiger partial charge in [0.05, 0.1) is 17.6 Å². The van der Waals surface area contributed by atoms with Crippen molar-refractivity contribution >= 4 is 0 Å². The quantitative estimate of drug-likeness (QED) is 0.359. The van der Waals surface area contributed by atoms with Crippen molar-refractivity contribution in [3.8, 4) is 6.07 Å². The largest absolute Gasteiger partial charge is 0.378 e. The zero-order chi connectivity index (χ0) is 18.7. The number of rotatable bonds is 11. The van der Waals surface area contributed by atoms with Gasteiger partial charge in [-0.1, -0.05) is 71.6 Å².